The van der Waals surface area contributed by atoms with E-state index in [9.17, 15) is 4.79 Å². The van der Waals surface area contributed by atoms with Crippen molar-refractivity contribution in [2.75, 3.05) is 33.2 Å². The first-order valence-corrected chi connectivity index (χ1v) is 8.75. The van der Waals surface area contributed by atoms with E-state index in [2.05, 4.69) is 20.7 Å². The number of rotatable bonds is 8. The average molecular weight is 480 g/mol. The molecule has 0 radical (unpaired) electrons. The Morgan fingerprint density at radius 2 is 2.00 bits per heavy atom. The topological polar surface area (TPSA) is 83.8 Å². The van der Waals surface area contributed by atoms with E-state index in [1.807, 2.05) is 44.6 Å². The van der Waals surface area contributed by atoms with Crippen molar-refractivity contribution in [3.8, 4) is 0 Å². The zero-order valence-corrected chi connectivity index (χ0v) is 18.8. The van der Waals surface area contributed by atoms with E-state index < -0.39 is 5.60 Å². The summed E-state index contributed by atoms with van der Waals surface area (Å²) in [7, 11) is 1.73. The van der Waals surface area contributed by atoms with Gasteiger partial charge in [0.15, 0.2) is 5.96 Å². The van der Waals surface area contributed by atoms with Gasteiger partial charge in [-0.3, -0.25) is 9.67 Å². The molecule has 1 amide bonds. The summed E-state index contributed by atoms with van der Waals surface area (Å²) in [5, 5.41) is 10.6. The fourth-order valence-electron chi connectivity index (χ4n) is 2.12. The van der Waals surface area contributed by atoms with E-state index in [0.29, 0.717) is 19.6 Å². The van der Waals surface area contributed by atoms with Gasteiger partial charge in [-0.05, 0) is 40.2 Å². The van der Waals surface area contributed by atoms with Crippen molar-refractivity contribution in [1.29, 1.82) is 0 Å². The van der Waals surface area contributed by atoms with Crippen molar-refractivity contribution in [3.05, 3.63) is 18.5 Å². The smallest absolute Gasteiger partial charge is 0.410 e. The molecule has 9 heteroatoms. The van der Waals surface area contributed by atoms with Gasteiger partial charge in [0.1, 0.15) is 5.60 Å². The molecule has 1 aromatic rings. The molecule has 0 atom stereocenters. The molecule has 0 fully saturated rings. The number of carbonyl (C=O) groups excluding carboxylic acids is 1. The molecule has 0 unspecified atom stereocenters. The molecule has 8 nitrogen and oxygen atoms in total. The third kappa shape index (κ3) is 10.5. The molecular formula is C17H33IN6O2. The van der Waals surface area contributed by atoms with E-state index >= 15 is 0 Å². The Labute approximate surface area is 173 Å². The van der Waals surface area contributed by atoms with Crippen molar-refractivity contribution < 1.29 is 9.53 Å². The van der Waals surface area contributed by atoms with E-state index in [4.69, 9.17) is 4.74 Å². The van der Waals surface area contributed by atoms with Crippen LogP contribution in [0.2, 0.25) is 0 Å². The fraction of sp³-hybridized carbons (Fsp3) is 0.706. The summed E-state index contributed by atoms with van der Waals surface area (Å²) >= 11 is 0. The van der Waals surface area contributed by atoms with Crippen LogP contribution in [0.5, 0.6) is 0 Å². The summed E-state index contributed by atoms with van der Waals surface area (Å²) in [6.07, 6.45) is 4.38. The van der Waals surface area contributed by atoms with Crippen molar-refractivity contribution in [3.63, 3.8) is 0 Å². The summed E-state index contributed by atoms with van der Waals surface area (Å²) in [5.74, 6) is 0.723. The maximum atomic E-state index is 12.1. The van der Waals surface area contributed by atoms with Crippen LogP contribution in [0.4, 0.5) is 4.79 Å². The highest BCUT2D eigenvalue weighted by molar-refractivity contribution is 14.0. The Morgan fingerprint density at radius 1 is 1.31 bits per heavy atom. The number of aliphatic imine (C=N–C) groups is 1. The van der Waals surface area contributed by atoms with Crippen LogP contribution in [-0.4, -0.2) is 65.6 Å². The summed E-state index contributed by atoms with van der Waals surface area (Å²) in [5.41, 5.74) is -0.482. The molecule has 1 rings (SSSR count). The number of aromatic nitrogens is 2. The number of guanidine groups is 1. The lowest BCUT2D eigenvalue weighted by Gasteiger charge is -2.26. The average Bonchev–Trinajstić information content (AvgIpc) is 3.05. The first-order chi connectivity index (χ1) is 11.9. The second-order valence-electron chi connectivity index (χ2n) is 6.61. The van der Waals surface area contributed by atoms with Gasteiger partial charge in [-0.15, -0.1) is 24.0 Å². The molecule has 0 bridgehead atoms. The quantitative estimate of drug-likeness (QED) is 0.258. The molecular weight excluding hydrogens is 447 g/mol. The second-order valence-corrected chi connectivity index (χ2v) is 6.61. The molecule has 0 saturated carbocycles. The van der Waals surface area contributed by atoms with E-state index in [1.165, 1.54) is 0 Å². The van der Waals surface area contributed by atoms with Gasteiger partial charge in [-0.25, -0.2) is 4.79 Å². The van der Waals surface area contributed by atoms with E-state index in [-0.39, 0.29) is 30.1 Å². The number of halogens is 1. The molecule has 0 aliphatic carbocycles. The first-order valence-electron chi connectivity index (χ1n) is 8.75. The molecule has 26 heavy (non-hydrogen) atoms. The third-order valence-corrected chi connectivity index (χ3v) is 3.35. The predicted octanol–water partition coefficient (Wildman–Crippen LogP) is 2.31. The summed E-state index contributed by atoms with van der Waals surface area (Å²) in [6.45, 7) is 11.0. The number of likely N-dealkylation sites (N-methyl/N-ethyl adjacent to an activating group) is 1. The molecule has 0 aliphatic heterocycles. The molecule has 2 N–H and O–H groups in total. The standard InChI is InChI=1S/C17H32N6O2.HI/c1-6-22(16(24)25-17(2,3)4)14-11-20-15(18-5)19-9-7-12-23-13-8-10-21-23;/h8,10,13H,6-7,9,11-12,14H2,1-5H3,(H2,18,19,20);1H. The summed E-state index contributed by atoms with van der Waals surface area (Å²) in [6, 6.07) is 1.91. The van der Waals surface area contributed by atoms with Crippen molar-refractivity contribution in [2.24, 2.45) is 4.99 Å². The highest BCUT2D eigenvalue weighted by Crippen LogP contribution is 2.09. The lowest BCUT2D eigenvalue weighted by Crippen LogP contribution is -2.44. The van der Waals surface area contributed by atoms with Crippen molar-refractivity contribution >= 4 is 36.0 Å². The minimum Gasteiger partial charge on any atom is -0.444 e. The SMILES string of the molecule is CCN(CCNC(=NC)NCCCn1cccn1)C(=O)OC(C)(C)C.I. The summed E-state index contributed by atoms with van der Waals surface area (Å²) < 4.78 is 7.30. The molecule has 0 aromatic carbocycles. The molecule has 0 spiro atoms. The number of aryl methyl sites for hydroxylation is 1. The Hall–Kier alpha value is -1.52. The van der Waals surface area contributed by atoms with Gasteiger partial charge in [0.05, 0.1) is 0 Å². The van der Waals surface area contributed by atoms with Crippen molar-refractivity contribution in [1.82, 2.24) is 25.3 Å². The van der Waals surface area contributed by atoms with Gasteiger partial charge < -0.3 is 20.3 Å². The second kappa shape index (κ2) is 12.8. The largest absolute Gasteiger partial charge is 0.444 e. The number of hydrogen-bond donors (Lipinski definition) is 2. The van der Waals surface area contributed by atoms with Crippen molar-refractivity contribution in [2.45, 2.75) is 46.3 Å². The van der Waals surface area contributed by atoms with Gasteiger partial charge in [-0.2, -0.15) is 5.10 Å². The number of carbonyl (C=O) groups is 1. The van der Waals surface area contributed by atoms with Crippen LogP contribution in [0.25, 0.3) is 0 Å². The van der Waals surface area contributed by atoms with Crippen LogP contribution in [0.15, 0.2) is 23.5 Å². The fourth-order valence-corrected chi connectivity index (χ4v) is 2.12. The molecule has 1 heterocycles. The normalized spacial score (nSPS) is 11.5. The number of ether oxygens (including phenoxy) is 1. The Bertz CT molecular complexity index is 528. The Kier molecular flexibility index (Phi) is 12.0. The van der Waals surface area contributed by atoms with E-state index in [0.717, 1.165) is 25.5 Å². The first kappa shape index (κ1) is 24.5. The minimum atomic E-state index is -0.482. The van der Waals surface area contributed by atoms with Gasteiger partial charge in [0.25, 0.3) is 0 Å². The molecule has 1 aromatic heterocycles. The third-order valence-electron chi connectivity index (χ3n) is 3.35. The lowest BCUT2D eigenvalue weighted by molar-refractivity contribution is 0.0264. The number of nitrogens with one attached hydrogen (secondary N) is 2. The highest BCUT2D eigenvalue weighted by Gasteiger charge is 2.20. The van der Waals surface area contributed by atoms with Crippen LogP contribution in [0.1, 0.15) is 34.1 Å². The zero-order chi connectivity index (χ0) is 18.7. The van der Waals surface area contributed by atoms with Crippen LogP contribution in [0, 0.1) is 0 Å². The van der Waals surface area contributed by atoms with Gasteiger partial charge in [-0.1, -0.05) is 0 Å². The summed E-state index contributed by atoms with van der Waals surface area (Å²) in [4.78, 5) is 17.9. The molecule has 0 aliphatic rings. The monoisotopic (exact) mass is 480 g/mol. The number of hydrogen-bond acceptors (Lipinski definition) is 4. The number of amides is 1. The minimum absolute atomic E-state index is 0. The maximum absolute atomic E-state index is 12.1. The molecule has 0 saturated heterocycles. The van der Waals surface area contributed by atoms with Crippen LogP contribution in [-0.2, 0) is 11.3 Å². The molecule has 150 valence electrons. The van der Waals surface area contributed by atoms with Gasteiger partial charge in [0, 0.05) is 52.2 Å². The Balaban J connectivity index is 0.00000625. The number of nitrogens with zero attached hydrogens (tertiary/aromatic N) is 4. The highest BCUT2D eigenvalue weighted by atomic mass is 127. The predicted molar refractivity (Wildman–Crippen MR) is 115 cm³/mol. The van der Waals surface area contributed by atoms with Crippen LogP contribution >= 0.6 is 24.0 Å². The van der Waals surface area contributed by atoms with Crippen LogP contribution < -0.4 is 10.6 Å². The maximum Gasteiger partial charge on any atom is 0.410 e. The zero-order valence-electron chi connectivity index (χ0n) is 16.5. The Morgan fingerprint density at radius 3 is 2.54 bits per heavy atom. The van der Waals surface area contributed by atoms with E-state index in [1.54, 1.807) is 18.1 Å². The van der Waals surface area contributed by atoms with Crippen LogP contribution in [0.3, 0.4) is 0 Å². The van der Waals surface area contributed by atoms with Gasteiger partial charge in [0.2, 0.25) is 0 Å². The van der Waals surface area contributed by atoms with Gasteiger partial charge >= 0.3 is 6.09 Å². The lowest BCUT2D eigenvalue weighted by atomic mass is 10.2.